The number of nitrogens with zero attached hydrogens (tertiary/aromatic N) is 2. The maximum Gasteiger partial charge on any atom is 0.327 e. The topological polar surface area (TPSA) is 44.1 Å². The van der Waals surface area contributed by atoms with Gasteiger partial charge in [-0.2, -0.15) is 5.10 Å². The summed E-state index contributed by atoms with van der Waals surface area (Å²) >= 11 is 7.52. The largest absolute Gasteiger partial charge is 0.468 e. The monoisotopic (exact) mass is 332 g/mol. The minimum atomic E-state index is -0.341. The van der Waals surface area contributed by atoms with E-state index in [1.165, 1.54) is 18.4 Å². The lowest BCUT2D eigenvalue weighted by Gasteiger charge is -2.04. The average Bonchev–Trinajstić information content (AvgIpc) is 3.14. The minimum absolute atomic E-state index is 0.0637. The molecule has 0 radical (unpaired) electrons. The molecule has 4 nitrogen and oxygen atoms in total. The van der Waals surface area contributed by atoms with Crippen molar-refractivity contribution in [2.24, 2.45) is 0 Å². The number of hydrogen-bond donors (Lipinski definition) is 0. The predicted molar refractivity (Wildman–Crippen MR) is 88.0 cm³/mol. The van der Waals surface area contributed by atoms with Crippen LogP contribution in [0.15, 0.2) is 47.8 Å². The molecule has 0 N–H and O–H groups in total. The third-order valence-corrected chi connectivity index (χ3v) is 4.48. The van der Waals surface area contributed by atoms with E-state index in [2.05, 4.69) is 5.10 Å². The number of methoxy groups -OCH3 is 1. The van der Waals surface area contributed by atoms with Gasteiger partial charge in [0.1, 0.15) is 6.54 Å². The van der Waals surface area contributed by atoms with Crippen molar-refractivity contribution in [3.63, 3.8) is 0 Å². The number of carbonyl (C=O) groups is 1. The number of aromatic nitrogens is 2. The molecular weight excluding hydrogens is 320 g/mol. The van der Waals surface area contributed by atoms with Crippen LogP contribution in [0, 0.1) is 0 Å². The van der Waals surface area contributed by atoms with Gasteiger partial charge in [-0.15, -0.1) is 11.3 Å². The van der Waals surface area contributed by atoms with Crippen LogP contribution in [0.25, 0.3) is 21.8 Å². The van der Waals surface area contributed by atoms with Gasteiger partial charge < -0.3 is 4.74 Å². The van der Waals surface area contributed by atoms with Crippen LogP contribution in [0.1, 0.15) is 0 Å². The van der Waals surface area contributed by atoms with E-state index in [9.17, 15) is 4.79 Å². The zero-order chi connectivity index (χ0) is 15.5. The van der Waals surface area contributed by atoms with E-state index < -0.39 is 0 Å². The molecule has 1 aromatic carbocycles. The van der Waals surface area contributed by atoms with E-state index >= 15 is 0 Å². The minimum Gasteiger partial charge on any atom is -0.468 e. The maximum absolute atomic E-state index is 11.6. The van der Waals surface area contributed by atoms with E-state index in [0.717, 1.165) is 21.8 Å². The van der Waals surface area contributed by atoms with Crippen LogP contribution in [0.3, 0.4) is 0 Å². The number of hydrogen-bond acceptors (Lipinski definition) is 4. The van der Waals surface area contributed by atoms with E-state index in [4.69, 9.17) is 16.3 Å². The maximum atomic E-state index is 11.6. The van der Waals surface area contributed by atoms with Crippen molar-refractivity contribution in [2.45, 2.75) is 6.54 Å². The van der Waals surface area contributed by atoms with Crippen LogP contribution in [0.4, 0.5) is 0 Å². The van der Waals surface area contributed by atoms with Gasteiger partial charge in [-0.3, -0.25) is 9.48 Å². The molecule has 112 valence electrons. The first-order valence-electron chi connectivity index (χ1n) is 6.62. The Balaban J connectivity index is 2.06. The summed E-state index contributed by atoms with van der Waals surface area (Å²) in [6.07, 6.45) is 0. The lowest BCUT2D eigenvalue weighted by atomic mass is 10.1. The molecule has 22 heavy (non-hydrogen) atoms. The van der Waals surface area contributed by atoms with Gasteiger partial charge in [0.05, 0.1) is 28.4 Å². The van der Waals surface area contributed by atoms with E-state index in [-0.39, 0.29) is 12.5 Å². The third kappa shape index (κ3) is 3.05. The van der Waals surface area contributed by atoms with Gasteiger partial charge in [0.15, 0.2) is 0 Å². The molecule has 0 unspecified atom stereocenters. The van der Waals surface area contributed by atoms with Gasteiger partial charge in [0.2, 0.25) is 0 Å². The quantitative estimate of drug-likeness (QED) is 0.675. The van der Waals surface area contributed by atoms with Crippen molar-refractivity contribution in [3.05, 3.63) is 52.9 Å². The Morgan fingerprint density at radius 1 is 1.32 bits per heavy atom. The second kappa shape index (κ2) is 6.34. The number of esters is 1. The first-order chi connectivity index (χ1) is 10.7. The summed E-state index contributed by atoms with van der Waals surface area (Å²) in [6.45, 7) is 0.0637. The molecule has 2 aromatic heterocycles. The summed E-state index contributed by atoms with van der Waals surface area (Å²) < 4.78 is 6.39. The van der Waals surface area contributed by atoms with Gasteiger partial charge in [0, 0.05) is 10.9 Å². The number of rotatable bonds is 4. The number of ether oxygens (including phenoxy) is 1. The van der Waals surface area contributed by atoms with Crippen molar-refractivity contribution in [2.75, 3.05) is 7.11 Å². The molecule has 3 rings (SSSR count). The fraction of sp³-hybridized carbons (Fsp3) is 0.125. The summed E-state index contributed by atoms with van der Waals surface area (Å²) in [6, 6.07) is 13.7. The molecule has 0 atom stereocenters. The molecule has 0 aliphatic heterocycles. The molecule has 0 amide bonds. The second-order valence-electron chi connectivity index (χ2n) is 4.64. The fourth-order valence-corrected chi connectivity index (χ4v) is 3.21. The van der Waals surface area contributed by atoms with Crippen LogP contribution in [-0.4, -0.2) is 22.9 Å². The Morgan fingerprint density at radius 3 is 2.73 bits per heavy atom. The lowest BCUT2D eigenvalue weighted by molar-refractivity contribution is -0.141. The molecule has 6 heteroatoms. The average molecular weight is 333 g/mol. The van der Waals surface area contributed by atoms with Crippen LogP contribution >= 0.6 is 22.9 Å². The summed E-state index contributed by atoms with van der Waals surface area (Å²) in [7, 11) is 1.37. The SMILES string of the molecule is COC(=O)Cn1nc(-c2ccccc2)cc1-c1cc(Cl)cs1. The highest BCUT2D eigenvalue weighted by atomic mass is 35.5. The highest BCUT2D eigenvalue weighted by molar-refractivity contribution is 7.14. The van der Waals surface area contributed by atoms with Crippen molar-refractivity contribution < 1.29 is 9.53 Å². The summed E-state index contributed by atoms with van der Waals surface area (Å²) in [4.78, 5) is 12.6. The summed E-state index contributed by atoms with van der Waals surface area (Å²) in [5, 5.41) is 7.06. The van der Waals surface area contributed by atoms with Gasteiger partial charge in [-0.25, -0.2) is 0 Å². The number of benzene rings is 1. The predicted octanol–water partition coefficient (Wildman–Crippen LogP) is 4.11. The van der Waals surface area contributed by atoms with Crippen molar-refractivity contribution >= 4 is 28.9 Å². The Hall–Kier alpha value is -2.11. The normalized spacial score (nSPS) is 10.6. The zero-order valence-corrected chi connectivity index (χ0v) is 13.4. The lowest BCUT2D eigenvalue weighted by Crippen LogP contribution is -2.13. The molecule has 0 saturated heterocycles. The van der Waals surface area contributed by atoms with Crippen molar-refractivity contribution in [1.29, 1.82) is 0 Å². The number of thiophene rings is 1. The first-order valence-corrected chi connectivity index (χ1v) is 7.87. The first kappa shape index (κ1) is 14.8. The van der Waals surface area contributed by atoms with Crippen LogP contribution in [0.2, 0.25) is 5.02 Å². The smallest absolute Gasteiger partial charge is 0.327 e. The molecular formula is C16H13ClN2O2S. The van der Waals surface area contributed by atoms with Crippen LogP contribution in [0.5, 0.6) is 0 Å². The molecule has 0 aliphatic rings. The second-order valence-corrected chi connectivity index (χ2v) is 5.99. The van der Waals surface area contributed by atoms with Gasteiger partial charge in [0.25, 0.3) is 0 Å². The highest BCUT2D eigenvalue weighted by Crippen LogP contribution is 2.32. The van der Waals surface area contributed by atoms with E-state index in [0.29, 0.717) is 5.02 Å². The van der Waals surface area contributed by atoms with E-state index in [1.807, 2.05) is 47.8 Å². The van der Waals surface area contributed by atoms with E-state index in [1.54, 1.807) is 4.68 Å². The Bertz CT molecular complexity index is 796. The highest BCUT2D eigenvalue weighted by Gasteiger charge is 2.15. The molecule has 0 aliphatic carbocycles. The molecule has 0 saturated carbocycles. The van der Waals surface area contributed by atoms with Gasteiger partial charge in [-0.1, -0.05) is 41.9 Å². The van der Waals surface area contributed by atoms with Gasteiger partial charge in [-0.05, 0) is 12.1 Å². The molecule has 3 aromatic rings. The van der Waals surface area contributed by atoms with Crippen molar-refractivity contribution in [3.8, 4) is 21.8 Å². The molecule has 2 heterocycles. The Morgan fingerprint density at radius 2 is 2.09 bits per heavy atom. The van der Waals surface area contributed by atoms with Crippen LogP contribution in [-0.2, 0) is 16.1 Å². The van der Waals surface area contributed by atoms with Crippen LogP contribution < -0.4 is 0 Å². The summed E-state index contributed by atoms with van der Waals surface area (Å²) in [5.74, 6) is -0.341. The Kier molecular flexibility index (Phi) is 4.27. The molecule has 0 fully saturated rings. The number of carbonyl (C=O) groups excluding carboxylic acids is 1. The standard InChI is InChI=1S/C16H13ClN2O2S/c1-21-16(20)9-19-14(15-7-12(17)10-22-15)8-13(18-19)11-5-3-2-4-6-11/h2-8,10H,9H2,1H3. The summed E-state index contributed by atoms with van der Waals surface area (Å²) in [5.41, 5.74) is 2.65. The third-order valence-electron chi connectivity index (χ3n) is 3.18. The zero-order valence-electron chi connectivity index (χ0n) is 11.8. The van der Waals surface area contributed by atoms with Gasteiger partial charge >= 0.3 is 5.97 Å². The fourth-order valence-electron chi connectivity index (χ4n) is 2.12. The molecule has 0 bridgehead atoms. The number of halogens is 1. The van der Waals surface area contributed by atoms with Crippen molar-refractivity contribution in [1.82, 2.24) is 9.78 Å². The Labute approximate surface area is 136 Å². The molecule has 0 spiro atoms.